The third-order valence-corrected chi connectivity index (χ3v) is 6.08. The number of phenolic OH excluding ortho intramolecular Hbond substituents is 2. The van der Waals surface area contributed by atoms with E-state index in [1.54, 1.807) is 97.1 Å². The number of carbonyl (C=O) groups is 4. The molecule has 0 aliphatic heterocycles. The number of benzene rings is 4. The van der Waals surface area contributed by atoms with E-state index in [1.807, 2.05) is 0 Å². The molecule has 0 aliphatic rings. The molecule has 0 aromatic heterocycles. The molecule has 4 rings (SSSR count). The molecule has 8 heteroatoms. The van der Waals surface area contributed by atoms with Crippen LogP contribution in [0.25, 0.3) is 24.3 Å². The largest absolute Gasteiger partial charge is 0.508 e. The molecule has 0 aliphatic carbocycles. The van der Waals surface area contributed by atoms with Crippen LogP contribution in [0.15, 0.2) is 121 Å². The Labute approximate surface area is 259 Å². The minimum Gasteiger partial charge on any atom is -0.508 e. The first kappa shape index (κ1) is 31.7. The van der Waals surface area contributed by atoms with Crippen LogP contribution in [0.3, 0.4) is 0 Å². The minimum absolute atomic E-state index is 0.133. The number of phenols is 2. The lowest BCUT2D eigenvalue weighted by Gasteiger charge is -2.02. The van der Waals surface area contributed by atoms with Gasteiger partial charge in [-0.05, 0) is 95.1 Å². The fraction of sp³-hybridized carbons (Fsp3) is 0.0270. The van der Waals surface area contributed by atoms with Gasteiger partial charge in [0.05, 0.1) is 6.42 Å². The van der Waals surface area contributed by atoms with Gasteiger partial charge in [-0.25, -0.2) is 9.59 Å². The second-order valence-corrected chi connectivity index (χ2v) is 9.61. The van der Waals surface area contributed by atoms with Crippen LogP contribution in [0, 0.1) is 0 Å². The van der Waals surface area contributed by atoms with Crippen molar-refractivity contribution in [3.05, 3.63) is 144 Å². The maximum absolute atomic E-state index is 12.3. The maximum atomic E-state index is 12.3. The molecule has 0 unspecified atom stereocenters. The second kappa shape index (κ2) is 15.8. The minimum atomic E-state index is -0.567. The van der Waals surface area contributed by atoms with Crippen molar-refractivity contribution in [1.82, 2.24) is 0 Å². The first-order valence-electron chi connectivity index (χ1n) is 13.7. The number of allylic oxidation sites excluding steroid dienone is 2. The van der Waals surface area contributed by atoms with Crippen LogP contribution in [-0.2, 0) is 19.2 Å². The van der Waals surface area contributed by atoms with Gasteiger partial charge in [-0.15, -0.1) is 0 Å². The molecule has 4 aromatic rings. The molecule has 45 heavy (non-hydrogen) atoms. The molecular weight excluding hydrogens is 572 g/mol. The van der Waals surface area contributed by atoms with E-state index in [-0.39, 0.29) is 29.5 Å². The van der Waals surface area contributed by atoms with E-state index in [0.29, 0.717) is 22.6 Å². The number of carbonyl (C=O) groups excluding carboxylic acids is 4. The second-order valence-electron chi connectivity index (χ2n) is 9.61. The summed E-state index contributed by atoms with van der Waals surface area (Å²) in [5, 5.41) is 18.6. The third kappa shape index (κ3) is 11.1. The van der Waals surface area contributed by atoms with Crippen molar-refractivity contribution in [2.45, 2.75) is 6.42 Å². The molecule has 0 heterocycles. The van der Waals surface area contributed by atoms with E-state index in [9.17, 15) is 29.4 Å². The molecule has 0 radical (unpaired) electrons. The van der Waals surface area contributed by atoms with Gasteiger partial charge in [-0.1, -0.05) is 60.7 Å². The van der Waals surface area contributed by atoms with Gasteiger partial charge >= 0.3 is 11.9 Å². The zero-order valence-corrected chi connectivity index (χ0v) is 23.9. The number of hydrogen-bond donors (Lipinski definition) is 2. The van der Waals surface area contributed by atoms with Crippen molar-refractivity contribution in [3.63, 3.8) is 0 Å². The molecule has 0 saturated heterocycles. The number of aromatic hydroxyl groups is 2. The molecule has 8 nitrogen and oxygen atoms in total. The number of rotatable bonds is 12. The first-order chi connectivity index (χ1) is 21.7. The highest BCUT2D eigenvalue weighted by molar-refractivity contribution is 6.10. The Bertz CT molecular complexity index is 1630. The fourth-order valence-corrected chi connectivity index (χ4v) is 3.76. The predicted octanol–water partition coefficient (Wildman–Crippen LogP) is 6.59. The molecule has 0 atom stereocenters. The Hall–Kier alpha value is -6.28. The normalized spacial score (nSPS) is 11.4. The van der Waals surface area contributed by atoms with Crippen LogP contribution in [0.2, 0.25) is 0 Å². The highest BCUT2D eigenvalue weighted by Crippen LogP contribution is 2.17. The van der Waals surface area contributed by atoms with Gasteiger partial charge in [0, 0.05) is 12.2 Å². The van der Waals surface area contributed by atoms with Crippen molar-refractivity contribution in [2.24, 2.45) is 0 Å². The average Bonchev–Trinajstić information content (AvgIpc) is 3.03. The van der Waals surface area contributed by atoms with E-state index in [0.717, 1.165) is 11.1 Å². The lowest BCUT2D eigenvalue weighted by molar-refractivity contribution is -0.129. The molecule has 4 aromatic carbocycles. The predicted molar refractivity (Wildman–Crippen MR) is 171 cm³/mol. The Morgan fingerprint density at radius 2 is 0.733 bits per heavy atom. The van der Waals surface area contributed by atoms with Gasteiger partial charge in [0.25, 0.3) is 0 Å². The lowest BCUT2D eigenvalue weighted by Crippen LogP contribution is -2.03. The molecule has 0 saturated carbocycles. The summed E-state index contributed by atoms with van der Waals surface area (Å²) in [5.41, 5.74) is 2.83. The Morgan fingerprint density at radius 1 is 0.444 bits per heavy atom. The molecule has 2 N–H and O–H groups in total. The molecule has 224 valence electrons. The Balaban J connectivity index is 1.19. The van der Waals surface area contributed by atoms with Crippen molar-refractivity contribution < 1.29 is 38.9 Å². The topological polar surface area (TPSA) is 127 Å². The zero-order chi connectivity index (χ0) is 32.0. The Morgan fingerprint density at radius 3 is 1.07 bits per heavy atom. The summed E-state index contributed by atoms with van der Waals surface area (Å²) in [6.45, 7) is 0. The summed E-state index contributed by atoms with van der Waals surface area (Å²) in [7, 11) is 0. The first-order valence-corrected chi connectivity index (χ1v) is 13.7. The summed E-state index contributed by atoms with van der Waals surface area (Å²) in [4.78, 5) is 48.6. The van der Waals surface area contributed by atoms with Gasteiger partial charge in [-0.3, -0.25) is 9.59 Å². The number of hydrogen-bond acceptors (Lipinski definition) is 8. The number of ketones is 2. The van der Waals surface area contributed by atoms with Gasteiger partial charge in [0.1, 0.15) is 23.0 Å². The standard InChI is InChI=1S/C37H28O8/c38-30-13-1-26(2-14-30)11-23-36(42)44-34-19-7-28(8-20-34)5-17-32(40)25-33(41)18-6-29-9-21-35(22-10-29)45-37(43)24-12-27-3-15-31(39)16-4-27/h1-24,38-39H,25H2/b17-5+,18-6+,23-11+,24-12+. The monoisotopic (exact) mass is 600 g/mol. The van der Waals surface area contributed by atoms with E-state index in [1.165, 1.54) is 48.6 Å². The highest BCUT2D eigenvalue weighted by atomic mass is 16.5. The van der Waals surface area contributed by atoms with Crippen molar-refractivity contribution in [1.29, 1.82) is 0 Å². The van der Waals surface area contributed by atoms with Gasteiger partial charge in [-0.2, -0.15) is 0 Å². The van der Waals surface area contributed by atoms with E-state index in [2.05, 4.69) is 0 Å². The van der Waals surface area contributed by atoms with Gasteiger partial charge in [0.2, 0.25) is 0 Å². The van der Waals surface area contributed by atoms with Crippen LogP contribution >= 0.6 is 0 Å². The van der Waals surface area contributed by atoms with Gasteiger partial charge < -0.3 is 19.7 Å². The van der Waals surface area contributed by atoms with Crippen molar-refractivity contribution in [2.75, 3.05) is 0 Å². The molecule has 0 bridgehead atoms. The summed E-state index contributed by atoms with van der Waals surface area (Å²) in [6.07, 6.45) is 11.1. The maximum Gasteiger partial charge on any atom is 0.336 e. The number of esters is 2. The third-order valence-electron chi connectivity index (χ3n) is 6.08. The quantitative estimate of drug-likeness (QED) is 0.0807. The Kier molecular flexibility index (Phi) is 11.1. The molecular formula is C37H28O8. The summed E-state index contributed by atoms with van der Waals surface area (Å²) in [6, 6.07) is 25.7. The average molecular weight is 601 g/mol. The summed E-state index contributed by atoms with van der Waals surface area (Å²) >= 11 is 0. The lowest BCUT2D eigenvalue weighted by atomic mass is 10.1. The van der Waals surface area contributed by atoms with E-state index >= 15 is 0 Å². The molecule has 0 spiro atoms. The van der Waals surface area contributed by atoms with E-state index in [4.69, 9.17) is 9.47 Å². The fourth-order valence-electron chi connectivity index (χ4n) is 3.76. The highest BCUT2D eigenvalue weighted by Gasteiger charge is 2.05. The van der Waals surface area contributed by atoms with Crippen molar-refractivity contribution >= 4 is 47.8 Å². The van der Waals surface area contributed by atoms with Crippen LogP contribution < -0.4 is 9.47 Å². The van der Waals surface area contributed by atoms with E-state index < -0.39 is 11.9 Å². The smallest absolute Gasteiger partial charge is 0.336 e. The summed E-state index contributed by atoms with van der Waals surface area (Å²) in [5.74, 6) is -0.960. The van der Waals surface area contributed by atoms with Crippen LogP contribution in [-0.4, -0.2) is 33.7 Å². The van der Waals surface area contributed by atoms with Crippen LogP contribution in [0.4, 0.5) is 0 Å². The molecule has 0 fully saturated rings. The SMILES string of the molecule is O=C(/C=C/c1ccc(OC(=O)/C=C/c2ccc(O)cc2)cc1)CC(=O)/C=C/c1ccc(OC(=O)/C=C/c2ccc(O)cc2)cc1. The van der Waals surface area contributed by atoms with Crippen molar-refractivity contribution in [3.8, 4) is 23.0 Å². The summed E-state index contributed by atoms with van der Waals surface area (Å²) < 4.78 is 10.5. The molecule has 0 amide bonds. The van der Waals surface area contributed by atoms with Crippen LogP contribution in [0.5, 0.6) is 23.0 Å². The van der Waals surface area contributed by atoms with Gasteiger partial charge in [0.15, 0.2) is 11.6 Å². The van der Waals surface area contributed by atoms with Crippen LogP contribution in [0.1, 0.15) is 28.7 Å². The zero-order valence-electron chi connectivity index (χ0n) is 23.9. The number of ether oxygens (including phenoxy) is 2.